The summed E-state index contributed by atoms with van der Waals surface area (Å²) in [6, 6.07) is 1.68. The van der Waals surface area contributed by atoms with E-state index in [9.17, 15) is 8.42 Å². The molecule has 0 unspecified atom stereocenters. The third-order valence-corrected chi connectivity index (χ3v) is 6.97. The number of sulfonamides is 1. The molecule has 0 aliphatic carbocycles. The van der Waals surface area contributed by atoms with E-state index in [1.54, 1.807) is 6.07 Å². The van der Waals surface area contributed by atoms with Crippen LogP contribution in [0.3, 0.4) is 0 Å². The van der Waals surface area contributed by atoms with Crippen LogP contribution >= 0.6 is 23.1 Å². The van der Waals surface area contributed by atoms with Crippen LogP contribution in [0.25, 0.3) is 0 Å². The van der Waals surface area contributed by atoms with Gasteiger partial charge in [-0.25, -0.2) is 13.1 Å². The van der Waals surface area contributed by atoms with Gasteiger partial charge in [0.25, 0.3) is 0 Å². The number of nitrogens with one attached hydrogen (secondary N) is 1. The van der Waals surface area contributed by atoms with E-state index in [0.29, 0.717) is 18.0 Å². The minimum Gasteiger partial charge on any atom is -0.326 e. The van der Waals surface area contributed by atoms with Crippen molar-refractivity contribution in [3.63, 3.8) is 0 Å². The molecule has 0 aromatic carbocycles. The standard InChI is InChI=1S/C12H21N3O2S3/c1-10-12(8-11(9-13)19-10)20(16,17)14-2-3-15-4-6-18-7-5-15/h8,14H,2-7,9,13H2,1H3. The van der Waals surface area contributed by atoms with Crippen molar-refractivity contribution < 1.29 is 8.42 Å². The monoisotopic (exact) mass is 335 g/mol. The first-order valence-corrected chi connectivity index (χ1v) is 10.1. The maximum absolute atomic E-state index is 12.3. The zero-order valence-electron chi connectivity index (χ0n) is 11.6. The fourth-order valence-corrected chi connectivity index (χ4v) is 5.64. The van der Waals surface area contributed by atoms with Crippen molar-refractivity contribution in [3.8, 4) is 0 Å². The molecule has 0 bridgehead atoms. The van der Waals surface area contributed by atoms with Gasteiger partial charge in [-0.15, -0.1) is 11.3 Å². The lowest BCUT2D eigenvalue weighted by molar-refractivity contribution is 0.307. The molecule has 1 fully saturated rings. The predicted molar refractivity (Wildman–Crippen MR) is 85.9 cm³/mol. The van der Waals surface area contributed by atoms with Crippen molar-refractivity contribution in [2.24, 2.45) is 5.73 Å². The zero-order valence-corrected chi connectivity index (χ0v) is 14.0. The largest absolute Gasteiger partial charge is 0.326 e. The number of nitrogens with zero attached hydrogens (tertiary/aromatic N) is 1. The van der Waals surface area contributed by atoms with Gasteiger partial charge in [0.2, 0.25) is 10.0 Å². The Hall–Kier alpha value is -0.120. The molecule has 1 aromatic rings. The van der Waals surface area contributed by atoms with Crippen molar-refractivity contribution in [1.82, 2.24) is 9.62 Å². The van der Waals surface area contributed by atoms with E-state index in [0.717, 1.165) is 40.9 Å². The molecule has 5 nitrogen and oxygen atoms in total. The third-order valence-electron chi connectivity index (χ3n) is 3.24. The molecule has 0 radical (unpaired) electrons. The molecule has 3 N–H and O–H groups in total. The van der Waals surface area contributed by atoms with Gasteiger partial charge in [0.05, 0.1) is 4.90 Å². The second-order valence-corrected chi connectivity index (χ2v) is 8.99. The highest BCUT2D eigenvalue weighted by atomic mass is 32.2. The number of hydrogen-bond acceptors (Lipinski definition) is 6. The number of aryl methyl sites for hydroxylation is 1. The molecule has 1 aliphatic heterocycles. The van der Waals surface area contributed by atoms with Crippen LogP contribution in [0.1, 0.15) is 9.75 Å². The molecular weight excluding hydrogens is 314 g/mol. The number of rotatable bonds is 6. The lowest BCUT2D eigenvalue weighted by atomic mass is 10.4. The molecule has 8 heteroatoms. The number of hydrogen-bond donors (Lipinski definition) is 2. The average molecular weight is 336 g/mol. The first-order chi connectivity index (χ1) is 9.53. The van der Waals surface area contributed by atoms with E-state index in [1.165, 1.54) is 11.3 Å². The second kappa shape index (κ2) is 7.24. The number of thioether (sulfide) groups is 1. The predicted octanol–water partition coefficient (Wildman–Crippen LogP) is 0.842. The number of thiophene rings is 1. The summed E-state index contributed by atoms with van der Waals surface area (Å²) in [6.45, 7) is 5.52. The zero-order chi connectivity index (χ0) is 14.6. The third kappa shape index (κ3) is 4.19. The van der Waals surface area contributed by atoms with E-state index in [1.807, 2.05) is 18.7 Å². The van der Waals surface area contributed by atoms with E-state index in [4.69, 9.17) is 5.73 Å². The Bertz CT molecular complexity index is 536. The topological polar surface area (TPSA) is 75.4 Å². The molecule has 0 saturated carbocycles. The Morgan fingerprint density at radius 3 is 2.70 bits per heavy atom. The van der Waals surface area contributed by atoms with Crippen molar-refractivity contribution >= 4 is 33.1 Å². The second-order valence-electron chi connectivity index (χ2n) is 4.69. The fourth-order valence-electron chi connectivity index (χ4n) is 2.13. The Kier molecular flexibility index (Phi) is 5.88. The van der Waals surface area contributed by atoms with Gasteiger partial charge < -0.3 is 10.6 Å². The molecule has 1 aliphatic rings. The summed E-state index contributed by atoms with van der Waals surface area (Å²) < 4.78 is 27.2. The highest BCUT2D eigenvalue weighted by Crippen LogP contribution is 2.25. The van der Waals surface area contributed by atoms with Crippen LogP contribution in [0.4, 0.5) is 0 Å². The molecule has 20 heavy (non-hydrogen) atoms. The van der Waals surface area contributed by atoms with E-state index in [-0.39, 0.29) is 0 Å². The Labute approximate surface area is 129 Å². The van der Waals surface area contributed by atoms with E-state index in [2.05, 4.69) is 9.62 Å². The molecule has 0 amide bonds. The van der Waals surface area contributed by atoms with Crippen molar-refractivity contribution in [3.05, 3.63) is 15.8 Å². The maximum Gasteiger partial charge on any atom is 0.241 e. The first kappa shape index (κ1) is 16.3. The van der Waals surface area contributed by atoms with E-state index >= 15 is 0 Å². The fraction of sp³-hybridized carbons (Fsp3) is 0.667. The summed E-state index contributed by atoms with van der Waals surface area (Å²) in [7, 11) is -3.41. The van der Waals surface area contributed by atoms with Crippen LogP contribution < -0.4 is 10.5 Å². The minimum atomic E-state index is -3.41. The molecule has 1 aromatic heterocycles. The smallest absolute Gasteiger partial charge is 0.241 e. The molecule has 2 heterocycles. The molecule has 2 rings (SSSR count). The van der Waals surface area contributed by atoms with Crippen LogP contribution in [0, 0.1) is 6.92 Å². The Morgan fingerprint density at radius 1 is 1.40 bits per heavy atom. The van der Waals surface area contributed by atoms with Gasteiger partial charge >= 0.3 is 0 Å². The van der Waals surface area contributed by atoms with Crippen LogP contribution in [-0.4, -0.2) is 51.0 Å². The molecule has 114 valence electrons. The quantitative estimate of drug-likeness (QED) is 0.806. The highest BCUT2D eigenvalue weighted by molar-refractivity contribution is 7.99. The molecule has 0 atom stereocenters. The summed E-state index contributed by atoms with van der Waals surface area (Å²) in [4.78, 5) is 4.37. The summed E-state index contributed by atoms with van der Waals surface area (Å²) in [5.41, 5.74) is 5.56. The number of nitrogens with two attached hydrogens (primary N) is 1. The normalized spacial score (nSPS) is 17.5. The van der Waals surface area contributed by atoms with Crippen LogP contribution in [-0.2, 0) is 16.6 Å². The first-order valence-electron chi connectivity index (χ1n) is 6.62. The highest BCUT2D eigenvalue weighted by Gasteiger charge is 2.19. The van der Waals surface area contributed by atoms with Gasteiger partial charge in [0.1, 0.15) is 0 Å². The van der Waals surface area contributed by atoms with E-state index < -0.39 is 10.0 Å². The summed E-state index contributed by atoms with van der Waals surface area (Å²) >= 11 is 3.40. The maximum atomic E-state index is 12.3. The van der Waals surface area contributed by atoms with Gasteiger partial charge in [-0.3, -0.25) is 0 Å². The van der Waals surface area contributed by atoms with Crippen LogP contribution in [0.5, 0.6) is 0 Å². The van der Waals surface area contributed by atoms with Crippen LogP contribution in [0.2, 0.25) is 0 Å². The molecular formula is C12H21N3O2S3. The minimum absolute atomic E-state index is 0.372. The van der Waals surface area contributed by atoms with Crippen molar-refractivity contribution in [2.75, 3.05) is 37.7 Å². The lowest BCUT2D eigenvalue weighted by Crippen LogP contribution is -2.39. The van der Waals surface area contributed by atoms with Crippen LogP contribution in [0.15, 0.2) is 11.0 Å². The van der Waals surface area contributed by atoms with Crippen molar-refractivity contribution in [1.29, 1.82) is 0 Å². The Balaban J connectivity index is 1.91. The van der Waals surface area contributed by atoms with Gasteiger partial charge in [0.15, 0.2) is 0 Å². The van der Waals surface area contributed by atoms with Gasteiger partial charge in [0, 0.05) is 54.0 Å². The van der Waals surface area contributed by atoms with Gasteiger partial charge in [-0.2, -0.15) is 11.8 Å². The summed E-state index contributed by atoms with van der Waals surface area (Å²) in [6.07, 6.45) is 0. The molecule has 0 spiro atoms. The SMILES string of the molecule is Cc1sc(CN)cc1S(=O)(=O)NCCN1CCSCC1. The average Bonchev–Trinajstić information content (AvgIpc) is 2.82. The van der Waals surface area contributed by atoms with Crippen molar-refractivity contribution in [2.45, 2.75) is 18.4 Å². The molecule has 1 saturated heterocycles. The lowest BCUT2D eigenvalue weighted by Gasteiger charge is -2.25. The Morgan fingerprint density at radius 2 is 2.10 bits per heavy atom. The summed E-state index contributed by atoms with van der Waals surface area (Å²) in [5.74, 6) is 2.27. The van der Waals surface area contributed by atoms with Gasteiger partial charge in [-0.05, 0) is 13.0 Å². The summed E-state index contributed by atoms with van der Waals surface area (Å²) in [5, 5.41) is 0. The van der Waals surface area contributed by atoms with Gasteiger partial charge in [-0.1, -0.05) is 0 Å².